The van der Waals surface area contributed by atoms with Gasteiger partial charge in [-0.2, -0.15) is 36.4 Å². The van der Waals surface area contributed by atoms with Crippen LogP contribution < -0.4 is 4.74 Å². The maximum atomic E-state index is 10.4. The Morgan fingerprint density at radius 2 is 2.15 bits per heavy atom. The fourth-order valence-corrected chi connectivity index (χ4v) is 1.58. The van der Waals surface area contributed by atoms with Gasteiger partial charge in [0.25, 0.3) is 0 Å². The van der Waals surface area contributed by atoms with E-state index in [0.29, 0.717) is 19.2 Å². The van der Waals surface area contributed by atoms with Crippen LogP contribution in [0, 0.1) is 29.0 Å². The van der Waals surface area contributed by atoms with Crippen molar-refractivity contribution in [2.45, 2.75) is 6.54 Å². The molecule has 0 amide bonds. The normalized spacial score (nSPS) is 15.8. The number of imidazole rings is 1. The van der Waals surface area contributed by atoms with Gasteiger partial charge in [0, 0.05) is 44.2 Å². The molecule has 2 heterocycles. The summed E-state index contributed by atoms with van der Waals surface area (Å²) in [5, 5.41) is 10.4. The molecule has 2 aromatic rings. The van der Waals surface area contributed by atoms with Crippen LogP contribution in [-0.4, -0.2) is 21.1 Å². The fourth-order valence-electron chi connectivity index (χ4n) is 1.58. The van der Waals surface area contributed by atoms with E-state index in [9.17, 15) is 10.1 Å². The Morgan fingerprint density at radius 3 is 2.65 bits per heavy atom. The third-order valence-electron chi connectivity index (χ3n) is 2.42. The molecule has 1 atom stereocenters. The summed E-state index contributed by atoms with van der Waals surface area (Å²) in [4.78, 5) is 13.5. The van der Waals surface area contributed by atoms with E-state index < -0.39 is 4.92 Å². The van der Waals surface area contributed by atoms with Gasteiger partial charge in [0.1, 0.15) is 6.20 Å². The van der Waals surface area contributed by atoms with Crippen LogP contribution >= 0.6 is 0 Å². The third-order valence-corrected chi connectivity index (χ3v) is 2.42. The van der Waals surface area contributed by atoms with Crippen LogP contribution in [0.3, 0.4) is 0 Å². The van der Waals surface area contributed by atoms with E-state index in [1.165, 1.54) is 6.20 Å². The molecule has 103 valence electrons. The van der Waals surface area contributed by atoms with Crippen LogP contribution in [0.4, 0.5) is 5.82 Å². The van der Waals surface area contributed by atoms with Crippen LogP contribution in [0.1, 0.15) is 0 Å². The molecule has 6 nitrogen and oxygen atoms in total. The van der Waals surface area contributed by atoms with Gasteiger partial charge in [-0.1, -0.05) is 0 Å². The summed E-state index contributed by atoms with van der Waals surface area (Å²) in [6, 6.07) is 12.8. The molecule has 1 aromatic heterocycles. The van der Waals surface area contributed by atoms with Crippen LogP contribution in [-0.2, 0) is 39.3 Å². The quantitative estimate of drug-likeness (QED) is 0.450. The minimum absolute atomic E-state index is 0. The zero-order valence-electron chi connectivity index (χ0n) is 10.8. The van der Waals surface area contributed by atoms with Crippen molar-refractivity contribution in [3.05, 3.63) is 59.6 Å². The first-order valence-corrected chi connectivity index (χ1v) is 5.75. The largest absolute Gasteiger partial charge is 0.448 e. The van der Waals surface area contributed by atoms with E-state index in [-0.39, 0.29) is 44.4 Å². The maximum absolute atomic E-state index is 10.4. The van der Waals surface area contributed by atoms with Crippen LogP contribution in [0.25, 0.3) is 0 Å². The molecule has 3 rings (SSSR count). The Hall–Kier alpha value is -1.27. The molecule has 1 aromatic carbocycles. The molecule has 1 aliphatic heterocycles. The van der Waals surface area contributed by atoms with Crippen molar-refractivity contribution in [3.63, 3.8) is 0 Å². The van der Waals surface area contributed by atoms with E-state index in [1.807, 2.05) is 30.3 Å². The van der Waals surface area contributed by atoms with Gasteiger partial charge in [0.15, 0.2) is 0 Å². The summed E-state index contributed by atoms with van der Waals surface area (Å²) in [5.41, 5.74) is 0. The van der Waals surface area contributed by atoms with Crippen molar-refractivity contribution < 1.29 is 42.4 Å². The van der Waals surface area contributed by atoms with E-state index in [0.717, 1.165) is 0 Å². The van der Waals surface area contributed by atoms with E-state index >= 15 is 0 Å². The van der Waals surface area contributed by atoms with E-state index in [2.05, 4.69) is 18.0 Å². The van der Waals surface area contributed by atoms with Crippen LogP contribution in [0.5, 0.6) is 6.01 Å². The molecule has 20 heavy (non-hydrogen) atoms. The zero-order valence-corrected chi connectivity index (χ0v) is 13.6. The summed E-state index contributed by atoms with van der Waals surface area (Å²) < 4.78 is 6.76. The summed E-state index contributed by atoms with van der Waals surface area (Å²) in [6.07, 6.45) is 1.37. The molecule has 1 radical (unpaired) electrons. The molecule has 0 spiro atoms. The first-order chi connectivity index (χ1) is 9.16. The Balaban J connectivity index is 0.000000243. The molecule has 7 heteroatoms. The first kappa shape index (κ1) is 16.8. The molecular formula is C13H13N3O3Y-2. The monoisotopic (exact) mass is 348 g/mol. The molecule has 1 aliphatic rings. The number of ether oxygens (including phenoxy) is 1. The van der Waals surface area contributed by atoms with Crippen molar-refractivity contribution in [2.75, 3.05) is 6.61 Å². The van der Waals surface area contributed by atoms with Gasteiger partial charge >= 0.3 is 11.8 Å². The Morgan fingerprint density at radius 1 is 1.45 bits per heavy atom. The molecule has 0 saturated heterocycles. The zero-order chi connectivity index (χ0) is 13.7. The number of fused-ring (bicyclic) bond motifs is 1. The summed E-state index contributed by atoms with van der Waals surface area (Å²) >= 11 is 0. The number of rotatable bonds is 1. The number of hydrogen-bond donors (Lipinski definition) is 0. The van der Waals surface area contributed by atoms with Crippen molar-refractivity contribution >= 4 is 5.82 Å². The maximum Gasteiger partial charge on any atom is 0.414 e. The second kappa shape index (κ2) is 8.12. The first-order valence-electron chi connectivity index (χ1n) is 5.75. The van der Waals surface area contributed by atoms with Gasteiger partial charge in [-0.05, 0) is 4.92 Å². The van der Waals surface area contributed by atoms with Gasteiger partial charge < -0.3 is 21.8 Å². The molecule has 0 aliphatic carbocycles. The van der Waals surface area contributed by atoms with Crippen LogP contribution in [0.2, 0.25) is 0 Å². The predicted octanol–water partition coefficient (Wildman–Crippen LogP) is 2.12. The van der Waals surface area contributed by atoms with Crippen molar-refractivity contribution in [2.24, 2.45) is 5.92 Å². The van der Waals surface area contributed by atoms with Gasteiger partial charge in [-0.25, -0.2) is 0 Å². The topological polar surface area (TPSA) is 70.2 Å². The van der Waals surface area contributed by atoms with Gasteiger partial charge in [-0.3, -0.25) is 4.57 Å². The number of benzene rings is 1. The van der Waals surface area contributed by atoms with Gasteiger partial charge in [0.2, 0.25) is 0 Å². The summed E-state index contributed by atoms with van der Waals surface area (Å²) in [7, 11) is 0. The van der Waals surface area contributed by atoms with Crippen molar-refractivity contribution in [1.29, 1.82) is 0 Å². The average Bonchev–Trinajstić information content (AvgIpc) is 2.84. The molecular weight excluding hydrogens is 335 g/mol. The number of hydrogen-bond acceptors (Lipinski definition) is 4. The average molecular weight is 348 g/mol. The second-order valence-corrected chi connectivity index (χ2v) is 4.05. The molecule has 0 fully saturated rings. The summed E-state index contributed by atoms with van der Waals surface area (Å²) in [6.45, 7) is 4.89. The van der Waals surface area contributed by atoms with Gasteiger partial charge in [-0.15, -0.1) is 5.92 Å². The van der Waals surface area contributed by atoms with Crippen molar-refractivity contribution in [1.82, 2.24) is 9.55 Å². The number of nitrogens with zero attached hydrogens (tertiary/aromatic N) is 3. The third kappa shape index (κ3) is 4.69. The molecule has 0 saturated carbocycles. The van der Waals surface area contributed by atoms with Crippen molar-refractivity contribution in [3.8, 4) is 6.01 Å². The number of aromatic nitrogens is 2. The standard InChI is InChI=1S/C7H8N3O3.C6H5.Y/c1-5-2-9-3-6(10(11)12)8-7(9)13-4-5;1-2-4-6-5-3-1;/h3,5H,1-2,4H2;1-5H;/q2*-1;. The smallest absolute Gasteiger partial charge is 0.414 e. The minimum atomic E-state index is -0.535. The minimum Gasteiger partial charge on any atom is -0.448 e. The van der Waals surface area contributed by atoms with E-state index in [1.54, 1.807) is 4.57 Å². The fraction of sp³-hybridized carbons (Fsp3) is 0.231. The molecule has 0 N–H and O–H groups in total. The Kier molecular flexibility index (Phi) is 6.81. The van der Waals surface area contributed by atoms with Crippen LogP contribution in [0.15, 0.2) is 36.5 Å². The SMILES string of the molecule is [CH2-]C1COc2nc([N+](=O)[O-])cn2C1.[Y].[c-]1ccccc1. The Labute approximate surface area is 142 Å². The second-order valence-electron chi connectivity index (χ2n) is 4.05. The van der Waals surface area contributed by atoms with Gasteiger partial charge in [0.05, 0.1) is 6.61 Å². The summed E-state index contributed by atoms with van der Waals surface area (Å²) in [5.74, 6) is -0.0506. The number of nitro groups is 1. The molecule has 1 unspecified atom stereocenters. The predicted molar refractivity (Wildman–Crippen MR) is 68.5 cm³/mol. The van der Waals surface area contributed by atoms with E-state index in [4.69, 9.17) is 4.74 Å². The Bertz CT molecular complexity index is 518. The molecule has 0 bridgehead atoms.